The van der Waals surface area contributed by atoms with E-state index in [4.69, 9.17) is 10.6 Å². The van der Waals surface area contributed by atoms with Crippen molar-refractivity contribution in [2.45, 2.75) is 44.1 Å². The van der Waals surface area contributed by atoms with Gasteiger partial charge in [0, 0.05) is 28.9 Å². The number of nitrogens with zero attached hydrogens (tertiary/aromatic N) is 1. The number of ether oxygens (including phenoxy) is 1. The van der Waals surface area contributed by atoms with E-state index in [9.17, 15) is 4.79 Å². The van der Waals surface area contributed by atoms with E-state index in [2.05, 4.69) is 33.4 Å². The summed E-state index contributed by atoms with van der Waals surface area (Å²) in [6.45, 7) is 0.361. The monoisotopic (exact) mass is 353 g/mol. The van der Waals surface area contributed by atoms with Crippen molar-refractivity contribution >= 4 is 11.7 Å². The Bertz CT molecular complexity index is 802. The van der Waals surface area contributed by atoms with Crippen LogP contribution in [0.2, 0.25) is 0 Å². The summed E-state index contributed by atoms with van der Waals surface area (Å²) in [5.74, 6) is 6.88. The number of aromatic nitrogens is 1. The molecule has 7 heteroatoms. The van der Waals surface area contributed by atoms with Crippen LogP contribution in [-0.4, -0.2) is 11.0 Å². The van der Waals surface area contributed by atoms with Crippen LogP contribution in [0.3, 0.4) is 0 Å². The Kier molecular flexibility index (Phi) is 4.73. The molecule has 1 aromatic heterocycles. The molecule has 2 saturated carbocycles. The first kappa shape index (κ1) is 16.8. The van der Waals surface area contributed by atoms with Gasteiger partial charge < -0.3 is 10.1 Å². The molecule has 0 bridgehead atoms. The average Bonchev–Trinajstić information content (AvgIpc) is 3.54. The Balaban J connectivity index is 1.53. The summed E-state index contributed by atoms with van der Waals surface area (Å²) in [7, 11) is 0. The molecule has 5 N–H and O–H groups in total. The van der Waals surface area contributed by atoms with Crippen LogP contribution in [0, 0.1) is 0 Å². The largest absolute Gasteiger partial charge is 0.473 e. The van der Waals surface area contributed by atoms with Gasteiger partial charge in [-0.15, -0.1) is 0 Å². The zero-order valence-corrected chi connectivity index (χ0v) is 14.5. The molecule has 2 aliphatic rings. The molecule has 0 saturated heterocycles. The molecule has 1 heterocycles. The third-order valence-electron chi connectivity index (χ3n) is 4.77. The molecule has 2 aliphatic carbocycles. The smallest absolute Gasteiger partial charge is 0.334 e. The number of rotatable bonds is 7. The van der Waals surface area contributed by atoms with Crippen LogP contribution in [0.15, 0.2) is 36.4 Å². The highest BCUT2D eigenvalue weighted by molar-refractivity contribution is 5.90. The molecule has 2 aromatic rings. The van der Waals surface area contributed by atoms with Crippen molar-refractivity contribution in [1.82, 2.24) is 15.9 Å². The minimum atomic E-state index is -0.421. The van der Waals surface area contributed by atoms with Crippen LogP contribution in [0.5, 0.6) is 5.88 Å². The van der Waals surface area contributed by atoms with Crippen molar-refractivity contribution in [3.05, 3.63) is 53.2 Å². The minimum absolute atomic E-state index is 0.361. The van der Waals surface area contributed by atoms with E-state index in [0.717, 1.165) is 16.9 Å². The third-order valence-corrected chi connectivity index (χ3v) is 4.77. The lowest BCUT2D eigenvalue weighted by atomic mass is 10.0. The molecule has 2 amide bonds. The summed E-state index contributed by atoms with van der Waals surface area (Å²) >= 11 is 0. The molecular formula is C19H23N5O2. The van der Waals surface area contributed by atoms with Gasteiger partial charge in [0.15, 0.2) is 0 Å². The predicted octanol–water partition coefficient (Wildman–Crippen LogP) is 2.92. The quantitative estimate of drug-likeness (QED) is 0.453. The van der Waals surface area contributed by atoms with Crippen LogP contribution in [0.25, 0.3) is 0 Å². The van der Waals surface area contributed by atoms with Gasteiger partial charge in [0.1, 0.15) is 6.61 Å². The predicted molar refractivity (Wildman–Crippen MR) is 98.4 cm³/mol. The van der Waals surface area contributed by atoms with Gasteiger partial charge in [0.2, 0.25) is 5.88 Å². The second-order valence-corrected chi connectivity index (χ2v) is 6.83. The molecule has 1 aromatic carbocycles. The molecule has 0 spiro atoms. The molecule has 26 heavy (non-hydrogen) atoms. The SMILES string of the molecule is NNNC(=O)Nc1cccc(C2CC2)c1COc1cccc(C2CC2)n1. The van der Waals surface area contributed by atoms with Gasteiger partial charge in [0.05, 0.1) is 0 Å². The maximum absolute atomic E-state index is 11.8. The van der Waals surface area contributed by atoms with E-state index in [1.807, 2.05) is 24.3 Å². The van der Waals surface area contributed by atoms with Gasteiger partial charge in [-0.2, -0.15) is 5.53 Å². The molecule has 4 rings (SSSR count). The van der Waals surface area contributed by atoms with Crippen LogP contribution in [0.1, 0.15) is 54.3 Å². The van der Waals surface area contributed by atoms with Crippen molar-refractivity contribution < 1.29 is 9.53 Å². The van der Waals surface area contributed by atoms with Crippen LogP contribution < -0.4 is 26.9 Å². The van der Waals surface area contributed by atoms with Crippen LogP contribution in [-0.2, 0) is 6.61 Å². The first-order chi connectivity index (χ1) is 12.7. The van der Waals surface area contributed by atoms with Gasteiger partial charge in [-0.3, -0.25) is 11.3 Å². The summed E-state index contributed by atoms with van der Waals surface area (Å²) in [6, 6.07) is 11.4. The molecule has 7 nitrogen and oxygen atoms in total. The highest BCUT2D eigenvalue weighted by atomic mass is 16.5. The summed E-state index contributed by atoms with van der Waals surface area (Å²) in [5.41, 5.74) is 8.48. The van der Waals surface area contributed by atoms with Gasteiger partial charge in [-0.25, -0.2) is 9.78 Å². The van der Waals surface area contributed by atoms with E-state index in [0.29, 0.717) is 24.3 Å². The fourth-order valence-electron chi connectivity index (χ4n) is 3.14. The number of hydrogen-bond donors (Lipinski definition) is 4. The van der Waals surface area contributed by atoms with Crippen LogP contribution in [0.4, 0.5) is 10.5 Å². The molecule has 0 unspecified atom stereocenters. The van der Waals surface area contributed by atoms with E-state index >= 15 is 0 Å². The second kappa shape index (κ2) is 7.31. The number of carbonyl (C=O) groups excluding carboxylic acids is 1. The Labute approximate surface area is 152 Å². The number of urea groups is 1. The van der Waals surface area contributed by atoms with E-state index in [1.165, 1.54) is 31.2 Å². The number of pyridine rings is 1. The Morgan fingerprint density at radius 1 is 1.12 bits per heavy atom. The van der Waals surface area contributed by atoms with Crippen molar-refractivity contribution in [2.24, 2.45) is 5.84 Å². The summed E-state index contributed by atoms with van der Waals surface area (Å²) < 4.78 is 5.99. The highest BCUT2D eigenvalue weighted by Gasteiger charge is 2.28. The van der Waals surface area contributed by atoms with E-state index in [1.54, 1.807) is 0 Å². The fraction of sp³-hybridized carbons (Fsp3) is 0.368. The average molecular weight is 353 g/mol. The number of benzene rings is 1. The number of hydrazine groups is 2. The molecule has 0 radical (unpaired) electrons. The topological polar surface area (TPSA) is 101 Å². The van der Waals surface area contributed by atoms with Gasteiger partial charge in [-0.1, -0.05) is 18.2 Å². The standard InChI is InChI=1S/C19H23N5O2/c20-24-23-19(25)22-17-5-1-3-14(12-7-8-12)15(17)11-26-18-6-2-4-16(21-18)13-9-10-13/h1-6,12-13,24H,7-11,20H2,(H2,22,23,25). The number of nitrogens with one attached hydrogen (secondary N) is 3. The number of carbonyl (C=O) groups is 1. The van der Waals surface area contributed by atoms with Crippen molar-refractivity contribution in [3.63, 3.8) is 0 Å². The lowest BCUT2D eigenvalue weighted by Crippen LogP contribution is -2.44. The number of amides is 2. The Morgan fingerprint density at radius 3 is 2.62 bits per heavy atom. The number of nitrogens with two attached hydrogens (primary N) is 1. The Morgan fingerprint density at radius 2 is 1.88 bits per heavy atom. The first-order valence-electron chi connectivity index (χ1n) is 8.98. The summed E-state index contributed by atoms with van der Waals surface area (Å²) in [6.07, 6.45) is 4.75. The fourth-order valence-corrected chi connectivity index (χ4v) is 3.14. The maximum Gasteiger partial charge on any atom is 0.334 e. The second-order valence-electron chi connectivity index (χ2n) is 6.83. The normalized spacial score (nSPS) is 16.2. The van der Waals surface area contributed by atoms with Gasteiger partial charge >= 0.3 is 6.03 Å². The first-order valence-corrected chi connectivity index (χ1v) is 8.98. The molecule has 2 fully saturated rings. The summed E-state index contributed by atoms with van der Waals surface area (Å²) in [4.78, 5) is 16.5. The minimum Gasteiger partial charge on any atom is -0.473 e. The maximum atomic E-state index is 11.8. The molecule has 0 atom stereocenters. The lowest BCUT2D eigenvalue weighted by molar-refractivity contribution is 0.248. The van der Waals surface area contributed by atoms with Crippen molar-refractivity contribution in [1.29, 1.82) is 0 Å². The lowest BCUT2D eigenvalue weighted by Gasteiger charge is -2.16. The third kappa shape index (κ3) is 3.95. The zero-order chi connectivity index (χ0) is 17.9. The number of hydrogen-bond acceptors (Lipinski definition) is 5. The summed E-state index contributed by atoms with van der Waals surface area (Å²) in [5, 5.41) is 2.82. The van der Waals surface area contributed by atoms with Gasteiger partial charge in [0.25, 0.3) is 0 Å². The van der Waals surface area contributed by atoms with E-state index in [-0.39, 0.29) is 0 Å². The Hall–Kier alpha value is -2.64. The highest BCUT2D eigenvalue weighted by Crippen LogP contribution is 2.43. The zero-order valence-electron chi connectivity index (χ0n) is 14.5. The van der Waals surface area contributed by atoms with Gasteiger partial charge in [-0.05, 0) is 49.3 Å². The molecule has 136 valence electrons. The van der Waals surface area contributed by atoms with Crippen molar-refractivity contribution in [2.75, 3.05) is 5.32 Å². The van der Waals surface area contributed by atoms with Crippen molar-refractivity contribution in [3.8, 4) is 5.88 Å². The van der Waals surface area contributed by atoms with E-state index < -0.39 is 6.03 Å². The van der Waals surface area contributed by atoms with Crippen LogP contribution >= 0.6 is 0 Å². The number of anilines is 1. The molecular weight excluding hydrogens is 330 g/mol. The molecule has 0 aliphatic heterocycles.